The van der Waals surface area contributed by atoms with Gasteiger partial charge in [0.25, 0.3) is 5.91 Å². The maximum Gasteiger partial charge on any atom is 0.262 e. The number of sulfonamides is 1. The lowest BCUT2D eigenvalue weighted by atomic mass is 10.3. The summed E-state index contributed by atoms with van der Waals surface area (Å²) in [5, 5.41) is 3.37. The van der Waals surface area contributed by atoms with Gasteiger partial charge >= 0.3 is 0 Å². The summed E-state index contributed by atoms with van der Waals surface area (Å²) in [6, 6.07) is 9.15. The summed E-state index contributed by atoms with van der Waals surface area (Å²) in [6.07, 6.45) is 1.11. The van der Waals surface area contributed by atoms with Gasteiger partial charge in [0.1, 0.15) is 5.75 Å². The van der Waals surface area contributed by atoms with Crippen molar-refractivity contribution in [2.24, 2.45) is 0 Å². The summed E-state index contributed by atoms with van der Waals surface area (Å²) < 4.78 is 29.5. The van der Waals surface area contributed by atoms with Crippen LogP contribution in [0.25, 0.3) is 0 Å². The predicted octanol–water partition coefficient (Wildman–Crippen LogP) is 4.06. The third kappa shape index (κ3) is 5.41. The molecule has 0 saturated carbocycles. The van der Waals surface area contributed by atoms with Crippen molar-refractivity contribution in [3.63, 3.8) is 0 Å². The Balaban J connectivity index is 1.96. The lowest BCUT2D eigenvalue weighted by Gasteiger charge is -2.16. The molecule has 2 aromatic carbocycles. The molecule has 0 aliphatic rings. The van der Waals surface area contributed by atoms with Crippen molar-refractivity contribution in [2.45, 2.75) is 0 Å². The molecule has 10 heteroatoms. The van der Waals surface area contributed by atoms with E-state index in [4.69, 9.17) is 39.5 Å². The molecule has 0 unspecified atom stereocenters. The van der Waals surface area contributed by atoms with Crippen molar-refractivity contribution in [1.29, 1.82) is 0 Å². The zero-order valence-electron chi connectivity index (χ0n) is 13.8. The zero-order chi connectivity index (χ0) is 19.5. The van der Waals surface area contributed by atoms with E-state index in [2.05, 4.69) is 5.32 Å². The average molecular weight is 438 g/mol. The van der Waals surface area contributed by atoms with E-state index in [1.54, 1.807) is 24.3 Å². The van der Waals surface area contributed by atoms with Crippen molar-refractivity contribution < 1.29 is 17.9 Å². The Morgan fingerprint density at radius 1 is 1.08 bits per heavy atom. The number of halogens is 3. The number of carbonyl (C=O) groups is 1. The maximum absolute atomic E-state index is 12.0. The summed E-state index contributed by atoms with van der Waals surface area (Å²) in [5.41, 5.74) is 0.798. The quantitative estimate of drug-likeness (QED) is 0.692. The second kappa shape index (κ2) is 8.35. The maximum atomic E-state index is 12.0. The van der Waals surface area contributed by atoms with Crippen LogP contribution in [0.15, 0.2) is 36.4 Å². The zero-order valence-corrected chi connectivity index (χ0v) is 16.9. The minimum absolute atomic E-state index is 0.251. The topological polar surface area (TPSA) is 75.7 Å². The monoisotopic (exact) mass is 436 g/mol. The van der Waals surface area contributed by atoms with E-state index >= 15 is 0 Å². The van der Waals surface area contributed by atoms with Gasteiger partial charge in [0, 0.05) is 7.05 Å². The first-order valence-corrected chi connectivity index (χ1v) is 10.2. The normalized spacial score (nSPS) is 11.1. The molecule has 0 saturated heterocycles. The molecule has 0 heterocycles. The highest BCUT2D eigenvalue weighted by Crippen LogP contribution is 2.32. The van der Waals surface area contributed by atoms with Crippen LogP contribution >= 0.6 is 34.8 Å². The number of nitrogens with zero attached hydrogens (tertiary/aromatic N) is 1. The Morgan fingerprint density at radius 3 is 2.23 bits per heavy atom. The first-order valence-electron chi connectivity index (χ1n) is 7.19. The summed E-state index contributed by atoms with van der Waals surface area (Å²) in [5.74, 6) is -0.0337. The first-order chi connectivity index (χ1) is 12.1. The van der Waals surface area contributed by atoms with Crippen molar-refractivity contribution in [3.8, 4) is 5.75 Å². The van der Waals surface area contributed by atoms with Gasteiger partial charge in [-0.1, -0.05) is 34.8 Å². The van der Waals surface area contributed by atoms with E-state index in [-0.39, 0.29) is 21.7 Å². The van der Waals surface area contributed by atoms with E-state index < -0.39 is 15.9 Å². The smallest absolute Gasteiger partial charge is 0.262 e. The van der Waals surface area contributed by atoms with Gasteiger partial charge in [-0.2, -0.15) is 0 Å². The molecular weight excluding hydrogens is 423 g/mol. The summed E-state index contributed by atoms with van der Waals surface area (Å²) >= 11 is 17.7. The number of benzene rings is 2. The van der Waals surface area contributed by atoms with E-state index in [9.17, 15) is 13.2 Å². The fourth-order valence-corrected chi connectivity index (χ4v) is 3.00. The molecule has 0 aliphatic carbocycles. The van der Waals surface area contributed by atoms with Crippen LogP contribution < -0.4 is 14.4 Å². The molecule has 6 nitrogen and oxygen atoms in total. The van der Waals surface area contributed by atoms with Crippen LogP contribution in [-0.2, 0) is 14.8 Å². The summed E-state index contributed by atoms with van der Waals surface area (Å²) in [4.78, 5) is 12.0. The number of hydrogen-bond donors (Lipinski definition) is 1. The highest BCUT2D eigenvalue weighted by atomic mass is 35.5. The van der Waals surface area contributed by atoms with Gasteiger partial charge in [-0.25, -0.2) is 8.42 Å². The molecule has 0 spiro atoms. The fourth-order valence-electron chi connectivity index (χ4n) is 1.90. The minimum Gasteiger partial charge on any atom is -0.484 e. The molecule has 0 atom stereocenters. The molecule has 0 fully saturated rings. The molecular formula is C16H15Cl3N2O4S. The third-order valence-corrected chi connectivity index (χ3v) is 5.59. The van der Waals surface area contributed by atoms with Crippen molar-refractivity contribution in [2.75, 3.05) is 29.5 Å². The molecule has 26 heavy (non-hydrogen) atoms. The van der Waals surface area contributed by atoms with Crippen molar-refractivity contribution >= 4 is 62.1 Å². The number of rotatable bonds is 6. The van der Waals surface area contributed by atoms with Crippen LogP contribution in [0.5, 0.6) is 5.75 Å². The lowest BCUT2D eigenvalue weighted by molar-refractivity contribution is -0.118. The van der Waals surface area contributed by atoms with Gasteiger partial charge in [-0.15, -0.1) is 0 Å². The van der Waals surface area contributed by atoms with Crippen LogP contribution in [0.2, 0.25) is 15.1 Å². The van der Waals surface area contributed by atoms with Crippen LogP contribution in [0.4, 0.5) is 11.4 Å². The van der Waals surface area contributed by atoms with Gasteiger partial charge < -0.3 is 10.1 Å². The highest BCUT2D eigenvalue weighted by molar-refractivity contribution is 7.92. The van der Waals surface area contributed by atoms with Crippen molar-refractivity contribution in [1.82, 2.24) is 0 Å². The van der Waals surface area contributed by atoms with Gasteiger partial charge in [-0.05, 0) is 36.4 Å². The Hall–Kier alpha value is -1.67. The molecule has 1 N–H and O–H groups in total. The molecule has 140 valence electrons. The Morgan fingerprint density at radius 2 is 1.65 bits per heavy atom. The standard InChI is InChI=1S/C16H15Cl3N2O4S/c1-21(26(2,23)24)10-3-5-11(6-4-10)25-9-16(22)20-15-8-13(18)12(17)7-14(15)19/h3-8H,9H2,1-2H3,(H,20,22). The van der Waals surface area contributed by atoms with Gasteiger partial charge in [0.15, 0.2) is 6.61 Å². The first kappa shape index (κ1) is 20.6. The number of amides is 1. The number of carbonyl (C=O) groups excluding carboxylic acids is 1. The number of hydrogen-bond acceptors (Lipinski definition) is 4. The number of nitrogens with one attached hydrogen (secondary N) is 1. The summed E-state index contributed by atoms with van der Waals surface area (Å²) in [7, 11) is -1.90. The van der Waals surface area contributed by atoms with E-state index in [1.807, 2.05) is 0 Å². The minimum atomic E-state index is -3.34. The molecule has 0 bridgehead atoms. The second-order valence-corrected chi connectivity index (χ2v) is 8.54. The average Bonchev–Trinajstić information content (AvgIpc) is 2.57. The van der Waals surface area contributed by atoms with E-state index in [0.717, 1.165) is 10.6 Å². The molecule has 1 amide bonds. The van der Waals surface area contributed by atoms with Gasteiger partial charge in [0.2, 0.25) is 10.0 Å². The van der Waals surface area contributed by atoms with Crippen molar-refractivity contribution in [3.05, 3.63) is 51.5 Å². The van der Waals surface area contributed by atoms with E-state index in [1.165, 1.54) is 19.2 Å². The molecule has 2 aromatic rings. The van der Waals surface area contributed by atoms with Crippen LogP contribution in [0.3, 0.4) is 0 Å². The Kier molecular flexibility index (Phi) is 6.63. The Labute approximate surface area is 166 Å². The lowest BCUT2D eigenvalue weighted by Crippen LogP contribution is -2.24. The number of anilines is 2. The predicted molar refractivity (Wildman–Crippen MR) is 105 cm³/mol. The summed E-state index contributed by atoms with van der Waals surface area (Å²) in [6.45, 7) is -0.266. The van der Waals surface area contributed by atoms with Crippen LogP contribution in [0, 0.1) is 0 Å². The van der Waals surface area contributed by atoms with Crippen LogP contribution in [0.1, 0.15) is 0 Å². The third-order valence-electron chi connectivity index (χ3n) is 3.35. The molecule has 0 aromatic heterocycles. The second-order valence-electron chi connectivity index (χ2n) is 5.31. The van der Waals surface area contributed by atoms with Gasteiger partial charge in [0.05, 0.1) is 32.7 Å². The highest BCUT2D eigenvalue weighted by Gasteiger charge is 2.13. The molecule has 0 aliphatic heterocycles. The number of ether oxygens (including phenoxy) is 1. The Bertz CT molecular complexity index is 918. The fraction of sp³-hybridized carbons (Fsp3) is 0.188. The molecule has 0 radical (unpaired) electrons. The van der Waals surface area contributed by atoms with Gasteiger partial charge in [-0.3, -0.25) is 9.10 Å². The largest absolute Gasteiger partial charge is 0.484 e. The van der Waals surface area contributed by atoms with Crippen LogP contribution in [-0.4, -0.2) is 34.2 Å². The van der Waals surface area contributed by atoms with E-state index in [0.29, 0.717) is 17.1 Å². The SMILES string of the molecule is CN(c1ccc(OCC(=O)Nc2cc(Cl)c(Cl)cc2Cl)cc1)S(C)(=O)=O. The molecule has 2 rings (SSSR count).